The highest BCUT2D eigenvalue weighted by molar-refractivity contribution is 5.59. The van der Waals surface area contributed by atoms with Crippen LogP contribution in [0.3, 0.4) is 0 Å². The van der Waals surface area contributed by atoms with Gasteiger partial charge in [-0.15, -0.1) is 5.10 Å². The van der Waals surface area contributed by atoms with Gasteiger partial charge in [0, 0.05) is 24.2 Å². The van der Waals surface area contributed by atoms with Crippen molar-refractivity contribution in [1.82, 2.24) is 15.0 Å². The van der Waals surface area contributed by atoms with Gasteiger partial charge in [0.1, 0.15) is 5.82 Å². The number of hydrogen-bond donors (Lipinski definition) is 1. The Labute approximate surface area is 99.2 Å². The second kappa shape index (κ2) is 5.05. The van der Waals surface area contributed by atoms with Gasteiger partial charge in [0.2, 0.25) is 0 Å². The summed E-state index contributed by atoms with van der Waals surface area (Å²) in [5.74, 6) is -0.272. The third-order valence-corrected chi connectivity index (χ3v) is 2.61. The third-order valence-electron chi connectivity index (χ3n) is 2.61. The van der Waals surface area contributed by atoms with Crippen LogP contribution in [0.1, 0.15) is 18.9 Å². The summed E-state index contributed by atoms with van der Waals surface area (Å²) >= 11 is 0. The number of halogens is 1. The first kappa shape index (κ1) is 11.7. The van der Waals surface area contributed by atoms with E-state index >= 15 is 0 Å². The first-order chi connectivity index (χ1) is 8.26. The van der Waals surface area contributed by atoms with Crippen LogP contribution in [0.5, 0.6) is 0 Å². The molecule has 2 aromatic rings. The first-order valence-corrected chi connectivity index (χ1v) is 5.63. The van der Waals surface area contributed by atoms with E-state index in [0.717, 1.165) is 24.2 Å². The molecule has 1 aromatic heterocycles. The second-order valence-electron chi connectivity index (χ2n) is 3.85. The molecular formula is C12H15FN4. The molecule has 0 atom stereocenters. The van der Waals surface area contributed by atoms with Crippen LogP contribution in [0, 0.1) is 5.82 Å². The van der Waals surface area contributed by atoms with Crippen molar-refractivity contribution in [3.63, 3.8) is 0 Å². The van der Waals surface area contributed by atoms with Crippen LogP contribution in [0.15, 0.2) is 24.4 Å². The van der Waals surface area contributed by atoms with Crippen LogP contribution in [-0.4, -0.2) is 15.0 Å². The molecule has 0 bridgehead atoms. The number of aryl methyl sites for hydroxylation is 1. The number of rotatable bonds is 4. The zero-order valence-electron chi connectivity index (χ0n) is 9.73. The van der Waals surface area contributed by atoms with Crippen molar-refractivity contribution in [3.05, 3.63) is 35.8 Å². The molecule has 2 rings (SSSR count). The lowest BCUT2D eigenvalue weighted by atomic mass is 10.1. The summed E-state index contributed by atoms with van der Waals surface area (Å²) < 4.78 is 15.2. The third kappa shape index (κ3) is 2.34. The van der Waals surface area contributed by atoms with E-state index < -0.39 is 0 Å². The molecule has 0 unspecified atom stereocenters. The average Bonchev–Trinajstić information content (AvgIpc) is 2.78. The van der Waals surface area contributed by atoms with Crippen molar-refractivity contribution in [2.75, 3.05) is 0 Å². The van der Waals surface area contributed by atoms with Crippen molar-refractivity contribution in [2.24, 2.45) is 5.73 Å². The second-order valence-corrected chi connectivity index (χ2v) is 3.85. The van der Waals surface area contributed by atoms with Crippen molar-refractivity contribution >= 4 is 0 Å². The highest BCUT2D eigenvalue weighted by Crippen LogP contribution is 2.21. The van der Waals surface area contributed by atoms with E-state index in [1.807, 2.05) is 4.68 Å². The maximum absolute atomic E-state index is 13.3. The van der Waals surface area contributed by atoms with Crippen LogP contribution < -0.4 is 5.73 Å². The number of hydrogen-bond acceptors (Lipinski definition) is 3. The SMILES string of the molecule is CCCn1nncc1-c1ccc(F)c(CN)c1. The fourth-order valence-corrected chi connectivity index (χ4v) is 1.75. The quantitative estimate of drug-likeness (QED) is 0.879. The molecule has 1 heterocycles. The minimum atomic E-state index is -0.272. The Hall–Kier alpha value is -1.75. The number of benzene rings is 1. The molecule has 0 spiro atoms. The Kier molecular flexibility index (Phi) is 3.49. The lowest BCUT2D eigenvalue weighted by molar-refractivity contribution is 0.583. The molecule has 2 N–H and O–H groups in total. The van der Waals surface area contributed by atoms with Crippen molar-refractivity contribution in [1.29, 1.82) is 0 Å². The van der Waals surface area contributed by atoms with Gasteiger partial charge in [0.25, 0.3) is 0 Å². The maximum Gasteiger partial charge on any atom is 0.127 e. The Morgan fingerprint density at radius 1 is 1.41 bits per heavy atom. The molecule has 17 heavy (non-hydrogen) atoms. The summed E-state index contributed by atoms with van der Waals surface area (Å²) in [4.78, 5) is 0. The zero-order valence-corrected chi connectivity index (χ0v) is 9.73. The Balaban J connectivity index is 2.42. The number of nitrogens with two attached hydrogens (primary N) is 1. The monoisotopic (exact) mass is 234 g/mol. The predicted molar refractivity (Wildman–Crippen MR) is 63.6 cm³/mol. The van der Waals surface area contributed by atoms with Gasteiger partial charge < -0.3 is 5.73 Å². The van der Waals surface area contributed by atoms with Crippen molar-refractivity contribution in [3.8, 4) is 11.3 Å². The maximum atomic E-state index is 13.3. The summed E-state index contributed by atoms with van der Waals surface area (Å²) in [5, 5.41) is 7.88. The predicted octanol–water partition coefficient (Wildman–Crippen LogP) is 1.95. The number of aromatic nitrogens is 3. The van der Waals surface area contributed by atoms with Gasteiger partial charge >= 0.3 is 0 Å². The molecule has 5 heteroatoms. The molecule has 0 aliphatic heterocycles. The summed E-state index contributed by atoms with van der Waals surface area (Å²) in [6.07, 6.45) is 2.66. The summed E-state index contributed by atoms with van der Waals surface area (Å²) in [6, 6.07) is 4.90. The zero-order chi connectivity index (χ0) is 12.3. The first-order valence-electron chi connectivity index (χ1n) is 5.63. The molecule has 0 amide bonds. The molecule has 0 saturated carbocycles. The van der Waals surface area contributed by atoms with E-state index in [0.29, 0.717) is 5.56 Å². The highest BCUT2D eigenvalue weighted by Gasteiger charge is 2.08. The number of nitrogens with zero attached hydrogens (tertiary/aromatic N) is 3. The van der Waals surface area contributed by atoms with Crippen LogP contribution in [0.2, 0.25) is 0 Å². The van der Waals surface area contributed by atoms with E-state index in [2.05, 4.69) is 17.2 Å². The van der Waals surface area contributed by atoms with Gasteiger partial charge in [-0.1, -0.05) is 12.1 Å². The normalized spacial score (nSPS) is 10.8. The minimum absolute atomic E-state index is 0.190. The van der Waals surface area contributed by atoms with Crippen LogP contribution >= 0.6 is 0 Å². The Morgan fingerprint density at radius 3 is 2.94 bits per heavy atom. The average molecular weight is 234 g/mol. The largest absolute Gasteiger partial charge is 0.326 e. The smallest absolute Gasteiger partial charge is 0.127 e. The van der Waals surface area contributed by atoms with E-state index in [1.54, 1.807) is 18.3 Å². The van der Waals surface area contributed by atoms with E-state index in [-0.39, 0.29) is 12.4 Å². The summed E-state index contributed by atoms with van der Waals surface area (Å²) in [6.45, 7) is 3.06. The molecule has 1 aromatic carbocycles. The van der Waals surface area contributed by atoms with Gasteiger partial charge in [0.15, 0.2) is 0 Å². The molecule has 0 saturated heterocycles. The summed E-state index contributed by atoms with van der Waals surface area (Å²) in [5.41, 5.74) is 7.78. The van der Waals surface area contributed by atoms with Crippen LogP contribution in [0.4, 0.5) is 4.39 Å². The van der Waals surface area contributed by atoms with Gasteiger partial charge in [-0.25, -0.2) is 9.07 Å². The van der Waals surface area contributed by atoms with Gasteiger partial charge in [-0.2, -0.15) is 0 Å². The van der Waals surface area contributed by atoms with Gasteiger partial charge in [-0.3, -0.25) is 0 Å². The van der Waals surface area contributed by atoms with Crippen molar-refractivity contribution < 1.29 is 4.39 Å². The fourth-order valence-electron chi connectivity index (χ4n) is 1.75. The van der Waals surface area contributed by atoms with Crippen LogP contribution in [0.25, 0.3) is 11.3 Å². The molecule has 0 fully saturated rings. The van der Waals surface area contributed by atoms with Gasteiger partial charge in [-0.05, 0) is 24.6 Å². The van der Waals surface area contributed by atoms with Crippen LogP contribution in [-0.2, 0) is 13.1 Å². The standard InChI is InChI=1S/C12H15FN4/c1-2-5-17-12(8-15-16-17)9-3-4-11(13)10(6-9)7-14/h3-4,6,8H,2,5,7,14H2,1H3. The highest BCUT2D eigenvalue weighted by atomic mass is 19.1. The van der Waals surface area contributed by atoms with E-state index in [9.17, 15) is 4.39 Å². The topological polar surface area (TPSA) is 56.7 Å². The molecular weight excluding hydrogens is 219 g/mol. The minimum Gasteiger partial charge on any atom is -0.326 e. The lowest BCUT2D eigenvalue weighted by Gasteiger charge is -2.07. The van der Waals surface area contributed by atoms with Gasteiger partial charge in [0.05, 0.1) is 11.9 Å². The Bertz CT molecular complexity index is 507. The Morgan fingerprint density at radius 2 is 2.24 bits per heavy atom. The molecule has 0 aliphatic carbocycles. The molecule has 0 radical (unpaired) electrons. The summed E-state index contributed by atoms with van der Waals surface area (Å²) in [7, 11) is 0. The lowest BCUT2D eigenvalue weighted by Crippen LogP contribution is -2.03. The molecule has 0 aliphatic rings. The molecule has 4 nitrogen and oxygen atoms in total. The fraction of sp³-hybridized carbons (Fsp3) is 0.333. The van der Waals surface area contributed by atoms with Crippen molar-refractivity contribution in [2.45, 2.75) is 26.4 Å². The van der Waals surface area contributed by atoms with E-state index in [4.69, 9.17) is 5.73 Å². The van der Waals surface area contributed by atoms with E-state index in [1.165, 1.54) is 6.07 Å². The molecule has 90 valence electrons.